The van der Waals surface area contributed by atoms with Gasteiger partial charge >= 0.3 is 0 Å². The lowest BCUT2D eigenvalue weighted by Gasteiger charge is -2.17. The van der Waals surface area contributed by atoms with E-state index in [1.165, 1.54) is 11.3 Å². The fraction of sp³-hybridized carbons (Fsp3) is 0.600. The fourth-order valence-electron chi connectivity index (χ4n) is 1.31. The van der Waals surface area contributed by atoms with Crippen LogP contribution in [0.2, 0.25) is 0 Å². The number of carbonyl (C=O) groups excluding carboxylic acids is 1. The summed E-state index contributed by atoms with van der Waals surface area (Å²) in [6, 6.07) is 0.0286. The smallest absolute Gasteiger partial charge is 0.271 e. The van der Waals surface area contributed by atoms with Gasteiger partial charge in [0, 0.05) is 17.3 Å². The molecule has 15 heavy (non-hydrogen) atoms. The van der Waals surface area contributed by atoms with E-state index < -0.39 is 0 Å². The van der Waals surface area contributed by atoms with Crippen LogP contribution in [0.15, 0.2) is 10.9 Å². The highest BCUT2D eigenvalue weighted by atomic mass is 35.5. The van der Waals surface area contributed by atoms with Gasteiger partial charge in [-0.05, 0) is 12.3 Å². The van der Waals surface area contributed by atoms with Crippen LogP contribution >= 0.6 is 22.9 Å². The molecule has 1 aromatic heterocycles. The van der Waals surface area contributed by atoms with Crippen LogP contribution in [0.5, 0.6) is 0 Å². The summed E-state index contributed by atoms with van der Waals surface area (Å²) in [5, 5.41) is 4.61. The van der Waals surface area contributed by atoms with Crippen molar-refractivity contribution in [3.05, 3.63) is 16.6 Å². The molecule has 0 aromatic carbocycles. The van der Waals surface area contributed by atoms with Crippen molar-refractivity contribution in [2.75, 3.05) is 5.88 Å². The predicted molar refractivity (Wildman–Crippen MR) is 63.5 cm³/mol. The number of alkyl halides is 1. The van der Waals surface area contributed by atoms with Crippen LogP contribution in [0.3, 0.4) is 0 Å². The molecule has 0 radical (unpaired) electrons. The Labute approximate surface area is 98.9 Å². The standard InChI is InChI=1S/C10H15ClN2OS/c1-7(2)3-8(4-11)13-10(14)9-5-15-6-12-9/h5-8H,3-4H2,1-2H3,(H,13,14). The molecule has 5 heteroatoms. The van der Waals surface area contributed by atoms with Crippen molar-refractivity contribution in [3.8, 4) is 0 Å². The van der Waals surface area contributed by atoms with Gasteiger partial charge < -0.3 is 5.32 Å². The maximum absolute atomic E-state index is 11.6. The molecule has 0 aliphatic rings. The molecule has 1 aromatic rings. The number of hydrogen-bond donors (Lipinski definition) is 1. The highest BCUT2D eigenvalue weighted by molar-refractivity contribution is 7.07. The van der Waals surface area contributed by atoms with E-state index in [1.54, 1.807) is 10.9 Å². The van der Waals surface area contributed by atoms with Gasteiger partial charge in [-0.15, -0.1) is 22.9 Å². The molecule has 1 unspecified atom stereocenters. The van der Waals surface area contributed by atoms with Crippen LogP contribution in [0.25, 0.3) is 0 Å². The molecule has 0 fully saturated rings. The minimum absolute atomic E-state index is 0.0286. The molecular weight excluding hydrogens is 232 g/mol. The summed E-state index contributed by atoms with van der Waals surface area (Å²) in [6.07, 6.45) is 0.888. The van der Waals surface area contributed by atoms with Gasteiger partial charge in [0.25, 0.3) is 5.91 Å². The van der Waals surface area contributed by atoms with E-state index in [0.717, 1.165) is 6.42 Å². The Kier molecular flexibility index (Phi) is 5.05. The summed E-state index contributed by atoms with van der Waals surface area (Å²) in [7, 11) is 0. The zero-order valence-electron chi connectivity index (χ0n) is 8.87. The van der Waals surface area contributed by atoms with E-state index in [-0.39, 0.29) is 11.9 Å². The second kappa shape index (κ2) is 6.08. The van der Waals surface area contributed by atoms with Gasteiger partial charge in [-0.1, -0.05) is 13.8 Å². The number of halogens is 1. The molecule has 0 saturated heterocycles. The van der Waals surface area contributed by atoms with Gasteiger partial charge in [-0.3, -0.25) is 4.79 Å². The molecule has 1 atom stereocenters. The van der Waals surface area contributed by atoms with Crippen molar-refractivity contribution >= 4 is 28.8 Å². The van der Waals surface area contributed by atoms with Gasteiger partial charge in [0.15, 0.2) is 0 Å². The van der Waals surface area contributed by atoms with E-state index in [0.29, 0.717) is 17.5 Å². The van der Waals surface area contributed by atoms with Gasteiger partial charge in [-0.25, -0.2) is 4.98 Å². The van der Waals surface area contributed by atoms with Crippen LogP contribution in [-0.4, -0.2) is 22.8 Å². The second-order valence-corrected chi connectivity index (χ2v) is 4.86. The summed E-state index contributed by atoms with van der Waals surface area (Å²) in [5.74, 6) is 0.820. The average molecular weight is 247 g/mol. The highest BCUT2D eigenvalue weighted by Crippen LogP contribution is 2.08. The van der Waals surface area contributed by atoms with E-state index in [2.05, 4.69) is 24.1 Å². The molecule has 0 saturated carbocycles. The van der Waals surface area contributed by atoms with Crippen molar-refractivity contribution < 1.29 is 4.79 Å². The van der Waals surface area contributed by atoms with Crippen LogP contribution in [0.4, 0.5) is 0 Å². The molecule has 0 bridgehead atoms. The van der Waals surface area contributed by atoms with E-state index in [9.17, 15) is 4.79 Å². The number of nitrogens with one attached hydrogen (secondary N) is 1. The average Bonchev–Trinajstić information content (AvgIpc) is 2.68. The maximum Gasteiger partial charge on any atom is 0.271 e. The molecule has 1 rings (SSSR count). The second-order valence-electron chi connectivity index (χ2n) is 3.83. The lowest BCUT2D eigenvalue weighted by Crippen LogP contribution is -2.37. The predicted octanol–water partition coefficient (Wildman–Crippen LogP) is 2.53. The summed E-state index contributed by atoms with van der Waals surface area (Å²) in [6.45, 7) is 4.21. The first-order chi connectivity index (χ1) is 7.13. The topological polar surface area (TPSA) is 42.0 Å². The third-order valence-electron chi connectivity index (χ3n) is 1.94. The number of aromatic nitrogens is 1. The summed E-state index contributed by atoms with van der Waals surface area (Å²) in [5.41, 5.74) is 2.12. The number of carbonyl (C=O) groups is 1. The molecule has 1 N–H and O–H groups in total. The zero-order valence-corrected chi connectivity index (χ0v) is 10.4. The van der Waals surface area contributed by atoms with E-state index in [1.807, 2.05) is 0 Å². The molecule has 1 heterocycles. The molecular formula is C10H15ClN2OS. The minimum atomic E-state index is -0.137. The summed E-state index contributed by atoms with van der Waals surface area (Å²) in [4.78, 5) is 15.6. The first-order valence-electron chi connectivity index (χ1n) is 4.88. The van der Waals surface area contributed by atoms with Crippen molar-refractivity contribution in [2.45, 2.75) is 26.3 Å². The lowest BCUT2D eigenvalue weighted by molar-refractivity contribution is 0.0932. The minimum Gasteiger partial charge on any atom is -0.347 e. The van der Waals surface area contributed by atoms with Crippen LogP contribution in [0, 0.1) is 5.92 Å². The van der Waals surface area contributed by atoms with Gasteiger partial charge in [0.05, 0.1) is 5.51 Å². The number of rotatable bonds is 5. The first-order valence-corrected chi connectivity index (χ1v) is 6.36. The van der Waals surface area contributed by atoms with E-state index in [4.69, 9.17) is 11.6 Å². The summed E-state index contributed by atoms with van der Waals surface area (Å²) >= 11 is 7.20. The molecule has 0 aliphatic carbocycles. The van der Waals surface area contributed by atoms with Crippen molar-refractivity contribution in [1.82, 2.24) is 10.3 Å². The Morgan fingerprint density at radius 2 is 2.40 bits per heavy atom. The lowest BCUT2D eigenvalue weighted by atomic mass is 10.1. The Balaban J connectivity index is 2.48. The Bertz CT molecular complexity index is 300. The molecule has 3 nitrogen and oxygen atoms in total. The van der Waals surface area contributed by atoms with Crippen molar-refractivity contribution in [2.24, 2.45) is 5.92 Å². The first kappa shape index (κ1) is 12.5. The van der Waals surface area contributed by atoms with Crippen LogP contribution in [-0.2, 0) is 0 Å². The molecule has 1 amide bonds. The van der Waals surface area contributed by atoms with Crippen molar-refractivity contribution in [3.63, 3.8) is 0 Å². The number of hydrogen-bond acceptors (Lipinski definition) is 3. The van der Waals surface area contributed by atoms with Gasteiger partial charge in [0.1, 0.15) is 5.69 Å². The monoisotopic (exact) mass is 246 g/mol. The maximum atomic E-state index is 11.6. The van der Waals surface area contributed by atoms with Gasteiger partial charge in [0.2, 0.25) is 0 Å². The molecule has 0 aliphatic heterocycles. The number of amides is 1. The Hall–Kier alpha value is -0.610. The van der Waals surface area contributed by atoms with E-state index >= 15 is 0 Å². The largest absolute Gasteiger partial charge is 0.347 e. The highest BCUT2D eigenvalue weighted by Gasteiger charge is 2.15. The normalized spacial score (nSPS) is 12.8. The Morgan fingerprint density at radius 3 is 2.87 bits per heavy atom. The van der Waals surface area contributed by atoms with Crippen LogP contribution in [0.1, 0.15) is 30.8 Å². The SMILES string of the molecule is CC(C)CC(CCl)NC(=O)c1cscn1. The summed E-state index contributed by atoms with van der Waals surface area (Å²) < 4.78 is 0. The third-order valence-corrected chi connectivity index (χ3v) is 2.90. The number of nitrogens with zero attached hydrogens (tertiary/aromatic N) is 1. The zero-order chi connectivity index (χ0) is 11.3. The van der Waals surface area contributed by atoms with Gasteiger partial charge in [-0.2, -0.15) is 0 Å². The van der Waals surface area contributed by atoms with Crippen LogP contribution < -0.4 is 5.32 Å². The molecule has 0 spiro atoms. The number of thiazole rings is 1. The van der Waals surface area contributed by atoms with Crippen molar-refractivity contribution in [1.29, 1.82) is 0 Å². The third kappa shape index (κ3) is 4.18. The molecule has 84 valence electrons. The fourth-order valence-corrected chi connectivity index (χ4v) is 2.05. The Morgan fingerprint density at radius 1 is 1.67 bits per heavy atom. The quantitative estimate of drug-likeness (QED) is 0.812.